The Morgan fingerprint density at radius 2 is 2.14 bits per heavy atom. The van der Waals surface area contributed by atoms with E-state index in [2.05, 4.69) is 16.0 Å². The Morgan fingerprint density at radius 1 is 1.38 bits per heavy atom. The topological polar surface area (TPSA) is 108 Å². The number of anilines is 1. The van der Waals surface area contributed by atoms with Gasteiger partial charge in [-0.2, -0.15) is 0 Å². The van der Waals surface area contributed by atoms with Crippen molar-refractivity contribution in [3.8, 4) is 0 Å². The summed E-state index contributed by atoms with van der Waals surface area (Å²) in [6, 6.07) is 1.61. The van der Waals surface area contributed by atoms with Crippen LogP contribution in [0.4, 0.5) is 14.9 Å². The van der Waals surface area contributed by atoms with Crippen LogP contribution in [-0.2, 0) is 4.79 Å². The van der Waals surface area contributed by atoms with E-state index in [0.717, 1.165) is 24.6 Å². The van der Waals surface area contributed by atoms with Gasteiger partial charge in [0.05, 0.1) is 11.3 Å². The number of halogens is 1. The summed E-state index contributed by atoms with van der Waals surface area (Å²) in [7, 11) is 0. The minimum Gasteiger partial charge on any atom is -0.478 e. The molecule has 21 heavy (non-hydrogen) atoms. The standard InChI is InChI=1S/C13H14FN3O4/c14-8-4-3-7(12(19)20)6-10(8)17-13(21)16-9-2-1-5-15-11(9)18/h3-4,6,9H,1-2,5H2,(H,15,18)(H,19,20)(H2,16,17,21). The number of urea groups is 1. The molecule has 1 fully saturated rings. The van der Waals surface area contributed by atoms with Crippen LogP contribution < -0.4 is 16.0 Å². The zero-order valence-electron chi connectivity index (χ0n) is 11.0. The van der Waals surface area contributed by atoms with Crippen LogP contribution >= 0.6 is 0 Å². The second kappa shape index (κ2) is 6.21. The Hall–Kier alpha value is -2.64. The third kappa shape index (κ3) is 3.68. The first-order chi connectivity index (χ1) is 9.97. The molecular formula is C13H14FN3O4. The zero-order valence-corrected chi connectivity index (χ0v) is 11.0. The smallest absolute Gasteiger partial charge is 0.335 e. The first-order valence-corrected chi connectivity index (χ1v) is 6.35. The summed E-state index contributed by atoms with van der Waals surface area (Å²) in [4.78, 5) is 34.0. The lowest BCUT2D eigenvalue weighted by atomic mass is 10.1. The number of benzene rings is 1. The summed E-state index contributed by atoms with van der Waals surface area (Å²) in [5, 5.41) is 16.1. The molecule has 0 spiro atoms. The normalized spacial score (nSPS) is 17.8. The average Bonchev–Trinajstić information content (AvgIpc) is 2.43. The second-order valence-electron chi connectivity index (χ2n) is 4.58. The molecular weight excluding hydrogens is 281 g/mol. The Bertz CT molecular complexity index is 591. The van der Waals surface area contributed by atoms with Crippen molar-refractivity contribution in [1.29, 1.82) is 0 Å². The molecule has 3 amide bonds. The van der Waals surface area contributed by atoms with Gasteiger partial charge < -0.3 is 21.1 Å². The fraction of sp³-hybridized carbons (Fsp3) is 0.308. The number of amides is 3. The molecule has 1 aliphatic rings. The SMILES string of the molecule is O=C(Nc1cc(C(=O)O)ccc1F)NC1CCCNC1=O. The molecule has 112 valence electrons. The second-order valence-corrected chi connectivity index (χ2v) is 4.58. The summed E-state index contributed by atoms with van der Waals surface area (Å²) in [5.41, 5.74) is -0.411. The van der Waals surface area contributed by atoms with E-state index in [1.54, 1.807) is 0 Å². The van der Waals surface area contributed by atoms with E-state index in [1.807, 2.05) is 0 Å². The number of hydrogen-bond acceptors (Lipinski definition) is 3. The van der Waals surface area contributed by atoms with Crippen molar-refractivity contribution in [2.45, 2.75) is 18.9 Å². The molecule has 0 radical (unpaired) electrons. The van der Waals surface area contributed by atoms with Crippen LogP contribution in [0.3, 0.4) is 0 Å². The maximum Gasteiger partial charge on any atom is 0.335 e. The van der Waals surface area contributed by atoms with Crippen molar-refractivity contribution in [2.24, 2.45) is 0 Å². The molecule has 8 heteroatoms. The molecule has 0 saturated carbocycles. The average molecular weight is 295 g/mol. The third-order valence-electron chi connectivity index (χ3n) is 3.05. The van der Waals surface area contributed by atoms with Gasteiger partial charge in [0.2, 0.25) is 5.91 Å². The molecule has 0 bridgehead atoms. The zero-order chi connectivity index (χ0) is 15.4. The van der Waals surface area contributed by atoms with Crippen LogP contribution in [0.1, 0.15) is 23.2 Å². The van der Waals surface area contributed by atoms with E-state index in [4.69, 9.17) is 5.11 Å². The molecule has 1 saturated heterocycles. The highest BCUT2D eigenvalue weighted by molar-refractivity contribution is 5.95. The number of rotatable bonds is 3. The number of piperidine rings is 1. The van der Waals surface area contributed by atoms with Gasteiger partial charge in [0.15, 0.2) is 0 Å². The largest absolute Gasteiger partial charge is 0.478 e. The number of hydrogen-bond donors (Lipinski definition) is 4. The maximum absolute atomic E-state index is 13.5. The van der Waals surface area contributed by atoms with Crippen LogP contribution in [-0.4, -0.2) is 35.6 Å². The fourth-order valence-corrected chi connectivity index (χ4v) is 1.98. The minimum atomic E-state index is -1.23. The van der Waals surface area contributed by atoms with Gasteiger partial charge in [0.25, 0.3) is 0 Å². The maximum atomic E-state index is 13.5. The highest BCUT2D eigenvalue weighted by Gasteiger charge is 2.23. The lowest BCUT2D eigenvalue weighted by molar-refractivity contribution is -0.124. The summed E-state index contributed by atoms with van der Waals surface area (Å²) >= 11 is 0. The van der Waals surface area contributed by atoms with Crippen LogP contribution in [0, 0.1) is 5.82 Å². The van der Waals surface area contributed by atoms with Gasteiger partial charge in [0, 0.05) is 6.54 Å². The Labute approximate surface area is 119 Å². The molecule has 1 heterocycles. The van der Waals surface area contributed by atoms with Gasteiger partial charge in [0.1, 0.15) is 11.9 Å². The quantitative estimate of drug-likeness (QED) is 0.665. The Kier molecular flexibility index (Phi) is 4.36. The number of nitrogens with one attached hydrogen (secondary N) is 3. The van der Waals surface area contributed by atoms with Crippen molar-refractivity contribution in [3.63, 3.8) is 0 Å². The Morgan fingerprint density at radius 3 is 2.81 bits per heavy atom. The van der Waals surface area contributed by atoms with Crippen LogP contribution in [0.25, 0.3) is 0 Å². The number of carbonyl (C=O) groups excluding carboxylic acids is 2. The van der Waals surface area contributed by atoms with Gasteiger partial charge >= 0.3 is 12.0 Å². The highest BCUT2D eigenvalue weighted by atomic mass is 19.1. The first kappa shape index (κ1) is 14.8. The van der Waals surface area contributed by atoms with Gasteiger partial charge in [-0.05, 0) is 31.0 Å². The molecule has 1 aromatic rings. The molecule has 1 unspecified atom stereocenters. The molecule has 1 aliphatic heterocycles. The van der Waals surface area contributed by atoms with Gasteiger partial charge in [-0.3, -0.25) is 4.79 Å². The van der Waals surface area contributed by atoms with Crippen molar-refractivity contribution in [2.75, 3.05) is 11.9 Å². The highest BCUT2D eigenvalue weighted by Crippen LogP contribution is 2.16. The van der Waals surface area contributed by atoms with E-state index >= 15 is 0 Å². The predicted molar refractivity (Wildman–Crippen MR) is 71.5 cm³/mol. The van der Waals surface area contributed by atoms with E-state index in [-0.39, 0.29) is 17.2 Å². The van der Waals surface area contributed by atoms with Crippen molar-refractivity contribution < 1.29 is 23.9 Å². The summed E-state index contributed by atoms with van der Waals surface area (Å²) < 4.78 is 13.5. The number of carboxylic acids is 1. The van der Waals surface area contributed by atoms with Gasteiger partial charge in [-0.1, -0.05) is 0 Å². The fourth-order valence-electron chi connectivity index (χ4n) is 1.98. The lowest BCUT2D eigenvalue weighted by Crippen LogP contribution is -2.51. The van der Waals surface area contributed by atoms with Gasteiger partial charge in [-0.25, -0.2) is 14.0 Å². The minimum absolute atomic E-state index is 0.151. The van der Waals surface area contributed by atoms with E-state index in [9.17, 15) is 18.8 Å². The van der Waals surface area contributed by atoms with Crippen molar-refractivity contribution in [3.05, 3.63) is 29.6 Å². The predicted octanol–water partition coefficient (Wildman–Crippen LogP) is 0.924. The molecule has 4 N–H and O–H groups in total. The number of carbonyl (C=O) groups is 3. The molecule has 1 aromatic carbocycles. The van der Waals surface area contributed by atoms with E-state index in [1.165, 1.54) is 0 Å². The van der Waals surface area contributed by atoms with Crippen LogP contribution in [0.5, 0.6) is 0 Å². The molecule has 1 atom stereocenters. The molecule has 0 aliphatic carbocycles. The van der Waals surface area contributed by atoms with E-state index < -0.39 is 23.9 Å². The number of carboxylic acid groups (broad SMARTS) is 1. The molecule has 0 aromatic heterocycles. The first-order valence-electron chi connectivity index (χ1n) is 6.35. The third-order valence-corrected chi connectivity index (χ3v) is 3.05. The molecule has 2 rings (SSSR count). The lowest BCUT2D eigenvalue weighted by Gasteiger charge is -2.22. The van der Waals surface area contributed by atoms with Crippen LogP contribution in [0.2, 0.25) is 0 Å². The Balaban J connectivity index is 2.03. The van der Waals surface area contributed by atoms with E-state index in [0.29, 0.717) is 13.0 Å². The summed E-state index contributed by atoms with van der Waals surface area (Å²) in [6.45, 7) is 0.563. The van der Waals surface area contributed by atoms with Gasteiger partial charge in [-0.15, -0.1) is 0 Å². The number of aromatic carboxylic acids is 1. The summed E-state index contributed by atoms with van der Waals surface area (Å²) in [6.07, 6.45) is 1.23. The monoisotopic (exact) mass is 295 g/mol. The molecule has 7 nitrogen and oxygen atoms in total. The summed E-state index contributed by atoms with van der Waals surface area (Å²) in [5.74, 6) is -2.29. The van der Waals surface area contributed by atoms with Crippen molar-refractivity contribution in [1.82, 2.24) is 10.6 Å². The van der Waals surface area contributed by atoms with Crippen LogP contribution in [0.15, 0.2) is 18.2 Å². The van der Waals surface area contributed by atoms with Crippen molar-refractivity contribution >= 4 is 23.6 Å².